The Morgan fingerprint density at radius 3 is 2.68 bits per heavy atom. The van der Waals surface area contributed by atoms with Gasteiger partial charge in [-0.2, -0.15) is 4.98 Å². The number of ether oxygens (including phenoxy) is 1. The van der Waals surface area contributed by atoms with Crippen LogP contribution in [0, 0.1) is 18.6 Å². The van der Waals surface area contributed by atoms with Gasteiger partial charge >= 0.3 is 5.97 Å². The van der Waals surface area contributed by atoms with Crippen LogP contribution in [0.5, 0.6) is 0 Å². The van der Waals surface area contributed by atoms with Gasteiger partial charge in [0.05, 0.1) is 11.3 Å². The van der Waals surface area contributed by atoms with Gasteiger partial charge in [0.15, 0.2) is 23.6 Å². The van der Waals surface area contributed by atoms with Crippen molar-refractivity contribution in [2.45, 2.75) is 31.3 Å². The molecular weight excluding hydrogens is 360 g/mol. The predicted octanol–water partition coefficient (Wildman–Crippen LogP) is 1.63. The highest BCUT2D eigenvalue weighted by molar-refractivity contribution is 7.89. The van der Waals surface area contributed by atoms with Crippen LogP contribution in [0.25, 0.3) is 0 Å². The third kappa shape index (κ3) is 5.03. The summed E-state index contributed by atoms with van der Waals surface area (Å²) in [5, 5.41) is 3.56. The maximum Gasteiger partial charge on any atom is 0.307 e. The van der Waals surface area contributed by atoms with Gasteiger partial charge in [0.2, 0.25) is 10.0 Å². The van der Waals surface area contributed by atoms with Gasteiger partial charge in [0.25, 0.3) is 5.89 Å². The van der Waals surface area contributed by atoms with Crippen molar-refractivity contribution in [1.82, 2.24) is 14.9 Å². The fraction of sp³-hybridized carbons (Fsp3) is 0.357. The Kier molecular flexibility index (Phi) is 5.80. The van der Waals surface area contributed by atoms with Gasteiger partial charge in [-0.1, -0.05) is 5.16 Å². The number of nitrogens with zero attached hydrogens (tertiary/aromatic N) is 2. The minimum Gasteiger partial charge on any atom is -0.452 e. The fourth-order valence-electron chi connectivity index (χ4n) is 1.80. The summed E-state index contributed by atoms with van der Waals surface area (Å²) in [6.45, 7) is 2.85. The molecule has 0 amide bonds. The lowest BCUT2D eigenvalue weighted by Crippen LogP contribution is -2.27. The average molecular weight is 375 g/mol. The summed E-state index contributed by atoms with van der Waals surface area (Å²) in [5.74, 6) is -2.64. The van der Waals surface area contributed by atoms with Crippen molar-refractivity contribution in [2.24, 2.45) is 0 Å². The summed E-state index contributed by atoms with van der Waals surface area (Å²) in [6.07, 6.45) is -1.06. The van der Waals surface area contributed by atoms with Crippen molar-refractivity contribution in [1.29, 1.82) is 0 Å². The second-order valence-electron chi connectivity index (χ2n) is 5.04. The molecular formula is C14H15F2N3O5S. The molecule has 0 aliphatic rings. The summed E-state index contributed by atoms with van der Waals surface area (Å²) in [5.41, 5.74) is 0. The highest BCUT2D eigenvalue weighted by Gasteiger charge is 2.19. The lowest BCUT2D eigenvalue weighted by molar-refractivity contribution is -0.149. The molecule has 1 N–H and O–H groups in total. The molecule has 1 atom stereocenters. The second-order valence-corrected chi connectivity index (χ2v) is 6.80. The van der Waals surface area contributed by atoms with E-state index in [-0.39, 0.29) is 18.9 Å². The smallest absolute Gasteiger partial charge is 0.307 e. The number of nitrogens with one attached hydrogen (secondary N) is 1. The van der Waals surface area contributed by atoms with Gasteiger partial charge in [-0.25, -0.2) is 21.9 Å². The Morgan fingerprint density at radius 2 is 2.08 bits per heavy atom. The Balaban J connectivity index is 1.86. The first-order valence-corrected chi connectivity index (χ1v) is 8.62. The Bertz CT molecular complexity index is 869. The SMILES string of the molecule is Cc1noc(C(C)OC(=O)CCNS(=O)(=O)c2ccc(F)c(F)c2)n1. The molecule has 136 valence electrons. The van der Waals surface area contributed by atoms with E-state index in [2.05, 4.69) is 14.9 Å². The highest BCUT2D eigenvalue weighted by atomic mass is 32.2. The first-order chi connectivity index (χ1) is 11.7. The number of rotatable bonds is 7. The Hall–Kier alpha value is -2.40. The molecule has 2 rings (SSSR count). The van der Waals surface area contributed by atoms with Crippen LogP contribution < -0.4 is 4.72 Å². The number of hydrogen-bond acceptors (Lipinski definition) is 7. The summed E-state index contributed by atoms with van der Waals surface area (Å²) in [4.78, 5) is 15.2. The molecule has 1 aromatic carbocycles. The van der Waals surface area contributed by atoms with Crippen molar-refractivity contribution in [3.8, 4) is 0 Å². The van der Waals surface area contributed by atoms with Crippen molar-refractivity contribution >= 4 is 16.0 Å². The van der Waals surface area contributed by atoms with Crippen molar-refractivity contribution in [3.63, 3.8) is 0 Å². The van der Waals surface area contributed by atoms with E-state index in [1.54, 1.807) is 6.92 Å². The Labute approximate surface area is 142 Å². The molecule has 1 unspecified atom stereocenters. The molecule has 8 nitrogen and oxygen atoms in total. The molecule has 0 saturated carbocycles. The number of aromatic nitrogens is 2. The van der Waals surface area contributed by atoms with Crippen LogP contribution in [0.2, 0.25) is 0 Å². The number of carbonyl (C=O) groups excluding carboxylic acids is 1. The largest absolute Gasteiger partial charge is 0.452 e. The predicted molar refractivity (Wildman–Crippen MR) is 79.7 cm³/mol. The standard InChI is InChI=1S/C14H15F2N3O5S/c1-8(14-18-9(2)19-24-14)23-13(20)5-6-17-25(21,22)10-3-4-11(15)12(16)7-10/h3-4,7-8,17H,5-6H2,1-2H3. The third-order valence-electron chi connectivity index (χ3n) is 3.02. The lowest BCUT2D eigenvalue weighted by atomic mass is 10.3. The van der Waals surface area contributed by atoms with Gasteiger partial charge in [-0.05, 0) is 32.0 Å². The maximum atomic E-state index is 13.1. The van der Waals surface area contributed by atoms with E-state index >= 15 is 0 Å². The molecule has 25 heavy (non-hydrogen) atoms. The van der Waals surface area contributed by atoms with Gasteiger partial charge in [-0.3, -0.25) is 4.79 Å². The number of esters is 1. The van der Waals surface area contributed by atoms with E-state index in [1.807, 2.05) is 0 Å². The van der Waals surface area contributed by atoms with Crippen LogP contribution in [0.15, 0.2) is 27.6 Å². The van der Waals surface area contributed by atoms with E-state index < -0.39 is 38.6 Å². The van der Waals surface area contributed by atoms with Crippen LogP contribution in [0.4, 0.5) is 8.78 Å². The summed E-state index contributed by atoms with van der Waals surface area (Å²) in [6, 6.07) is 2.17. The normalized spacial score (nSPS) is 12.8. The first kappa shape index (κ1) is 18.9. The fourth-order valence-corrected chi connectivity index (χ4v) is 2.84. The minimum atomic E-state index is -4.08. The van der Waals surface area contributed by atoms with Crippen LogP contribution in [-0.4, -0.2) is 31.1 Å². The van der Waals surface area contributed by atoms with Crippen molar-refractivity contribution in [2.75, 3.05) is 6.54 Å². The number of halogens is 2. The van der Waals surface area contributed by atoms with Gasteiger partial charge in [-0.15, -0.1) is 0 Å². The summed E-state index contributed by atoms with van der Waals surface area (Å²) < 4.78 is 61.8. The van der Waals surface area contributed by atoms with Crippen molar-refractivity contribution < 1.29 is 31.3 Å². The zero-order chi connectivity index (χ0) is 18.6. The lowest BCUT2D eigenvalue weighted by Gasteiger charge is -2.10. The molecule has 0 bridgehead atoms. The topological polar surface area (TPSA) is 111 Å². The van der Waals surface area contributed by atoms with Gasteiger partial charge in [0.1, 0.15) is 0 Å². The van der Waals surface area contributed by atoms with E-state index in [0.717, 1.165) is 6.07 Å². The third-order valence-corrected chi connectivity index (χ3v) is 4.48. The highest BCUT2D eigenvalue weighted by Crippen LogP contribution is 2.15. The monoisotopic (exact) mass is 375 g/mol. The molecule has 0 saturated heterocycles. The van der Waals surface area contributed by atoms with Gasteiger partial charge in [0, 0.05) is 6.54 Å². The second kappa shape index (κ2) is 7.66. The molecule has 0 radical (unpaired) electrons. The van der Waals surface area contributed by atoms with Crippen LogP contribution in [0.1, 0.15) is 31.2 Å². The number of benzene rings is 1. The number of carbonyl (C=O) groups is 1. The van der Waals surface area contributed by atoms with E-state index in [1.165, 1.54) is 6.92 Å². The molecule has 0 fully saturated rings. The maximum absolute atomic E-state index is 13.1. The van der Waals surface area contributed by atoms with Crippen LogP contribution in [-0.2, 0) is 19.6 Å². The van der Waals surface area contributed by atoms with Gasteiger partial charge < -0.3 is 9.26 Å². The average Bonchev–Trinajstić information content (AvgIpc) is 2.96. The molecule has 1 aromatic heterocycles. The molecule has 0 aliphatic heterocycles. The van der Waals surface area contributed by atoms with E-state index in [4.69, 9.17) is 9.26 Å². The molecule has 11 heteroatoms. The molecule has 1 heterocycles. The zero-order valence-corrected chi connectivity index (χ0v) is 14.1. The zero-order valence-electron chi connectivity index (χ0n) is 13.3. The molecule has 0 aliphatic carbocycles. The van der Waals surface area contributed by atoms with Crippen molar-refractivity contribution in [3.05, 3.63) is 41.5 Å². The number of aryl methyl sites for hydroxylation is 1. The number of hydrogen-bond donors (Lipinski definition) is 1. The first-order valence-electron chi connectivity index (χ1n) is 7.13. The molecule has 0 spiro atoms. The van der Waals surface area contributed by atoms with Crippen LogP contribution >= 0.6 is 0 Å². The number of sulfonamides is 1. The summed E-state index contributed by atoms with van der Waals surface area (Å²) >= 11 is 0. The Morgan fingerprint density at radius 1 is 1.36 bits per heavy atom. The summed E-state index contributed by atoms with van der Waals surface area (Å²) in [7, 11) is -4.08. The molecule has 2 aromatic rings. The minimum absolute atomic E-state index is 0.119. The van der Waals surface area contributed by atoms with E-state index in [0.29, 0.717) is 18.0 Å². The van der Waals surface area contributed by atoms with E-state index in [9.17, 15) is 22.0 Å². The quantitative estimate of drug-likeness (QED) is 0.732. The van der Waals surface area contributed by atoms with Crippen LogP contribution in [0.3, 0.4) is 0 Å².